The number of pyridine rings is 1. The van der Waals surface area contributed by atoms with Gasteiger partial charge in [0, 0.05) is 12.3 Å². The number of hydrogen-bond donors (Lipinski definition) is 1. The molecule has 0 bridgehead atoms. The van der Waals surface area contributed by atoms with Crippen LogP contribution in [0.15, 0.2) is 42.7 Å². The Hall–Kier alpha value is -2.07. The molecule has 2 aromatic rings. The van der Waals surface area contributed by atoms with Crippen molar-refractivity contribution in [1.29, 1.82) is 0 Å². The van der Waals surface area contributed by atoms with E-state index in [0.717, 1.165) is 11.3 Å². The molecule has 0 aliphatic carbocycles. The van der Waals surface area contributed by atoms with Crippen LogP contribution < -0.4 is 9.47 Å². The van der Waals surface area contributed by atoms with E-state index >= 15 is 0 Å². The van der Waals surface area contributed by atoms with Crippen LogP contribution in [0.1, 0.15) is 33.3 Å². The zero-order valence-corrected chi connectivity index (χ0v) is 13.8. The van der Waals surface area contributed by atoms with Crippen LogP contribution in [0.2, 0.25) is 0 Å². The summed E-state index contributed by atoms with van der Waals surface area (Å²) in [5.74, 6) is 1.79. The average Bonchev–Trinajstić information content (AvgIpc) is 2.39. The minimum absolute atomic E-state index is 0.519. The molecule has 1 heterocycles. The predicted octanol–water partition coefficient (Wildman–Crippen LogP) is 4.11. The molecule has 118 valence electrons. The summed E-state index contributed by atoms with van der Waals surface area (Å²) >= 11 is 0. The van der Waals surface area contributed by atoms with Crippen LogP contribution in [0.3, 0.4) is 0 Å². The van der Waals surface area contributed by atoms with Gasteiger partial charge in [-0.3, -0.25) is 4.98 Å². The highest BCUT2D eigenvalue weighted by molar-refractivity contribution is 5.41. The van der Waals surface area contributed by atoms with E-state index in [-0.39, 0.29) is 0 Å². The number of hydrogen-bond acceptors (Lipinski definition) is 4. The lowest BCUT2D eigenvalue weighted by Crippen LogP contribution is -2.49. The molecule has 0 radical (unpaired) electrons. The molecule has 0 spiro atoms. The molecule has 0 aliphatic heterocycles. The molecule has 0 saturated carbocycles. The Kier molecular flexibility index (Phi) is 4.42. The largest absolute Gasteiger partial charge is 0.481 e. The third kappa shape index (κ3) is 3.77. The number of benzene rings is 1. The third-order valence-electron chi connectivity index (χ3n) is 3.80. The molecule has 0 saturated heterocycles. The minimum atomic E-state index is -1.00. The van der Waals surface area contributed by atoms with Gasteiger partial charge in [-0.1, -0.05) is 12.1 Å². The van der Waals surface area contributed by atoms with E-state index in [9.17, 15) is 5.11 Å². The number of aliphatic hydroxyl groups is 1. The summed E-state index contributed by atoms with van der Waals surface area (Å²) in [6, 6.07) is 9.49. The zero-order chi connectivity index (χ0) is 16.4. The van der Waals surface area contributed by atoms with Gasteiger partial charge in [0.1, 0.15) is 11.4 Å². The number of ether oxygens (including phenoxy) is 2. The standard InChI is InChI=1S/C18H23NO3/c1-13-7-6-8-14(11-13)21-16-12-19-10-9-15(16)22-18(4,5)17(2,3)20/h6-12,20H,1-5H3. The van der Waals surface area contributed by atoms with Crippen LogP contribution in [0.5, 0.6) is 17.2 Å². The summed E-state index contributed by atoms with van der Waals surface area (Å²) in [4.78, 5) is 4.09. The zero-order valence-electron chi connectivity index (χ0n) is 13.8. The smallest absolute Gasteiger partial charge is 0.187 e. The maximum absolute atomic E-state index is 10.2. The Morgan fingerprint density at radius 2 is 1.77 bits per heavy atom. The summed E-state index contributed by atoms with van der Waals surface area (Å²) in [5, 5.41) is 10.2. The highest BCUT2D eigenvalue weighted by Crippen LogP contribution is 2.35. The fraction of sp³-hybridized carbons (Fsp3) is 0.389. The summed E-state index contributed by atoms with van der Waals surface area (Å²) in [5.41, 5.74) is -0.670. The van der Waals surface area contributed by atoms with Crippen molar-refractivity contribution in [2.45, 2.75) is 45.8 Å². The van der Waals surface area contributed by atoms with Crippen LogP contribution in [0, 0.1) is 6.92 Å². The van der Waals surface area contributed by atoms with E-state index in [1.807, 2.05) is 45.0 Å². The number of aromatic nitrogens is 1. The topological polar surface area (TPSA) is 51.6 Å². The molecule has 1 N–H and O–H groups in total. The van der Waals surface area contributed by atoms with Gasteiger partial charge in [0.05, 0.1) is 11.8 Å². The van der Waals surface area contributed by atoms with Gasteiger partial charge in [-0.05, 0) is 52.3 Å². The van der Waals surface area contributed by atoms with Gasteiger partial charge in [0.15, 0.2) is 11.5 Å². The molecule has 22 heavy (non-hydrogen) atoms. The van der Waals surface area contributed by atoms with Gasteiger partial charge >= 0.3 is 0 Å². The number of rotatable bonds is 5. The van der Waals surface area contributed by atoms with Crippen LogP contribution in [0.25, 0.3) is 0 Å². The Morgan fingerprint density at radius 1 is 1.05 bits per heavy atom. The second-order valence-corrected chi connectivity index (χ2v) is 6.41. The average molecular weight is 301 g/mol. The SMILES string of the molecule is Cc1cccc(Oc2cnccc2OC(C)(C)C(C)(C)O)c1. The van der Waals surface area contributed by atoms with Crippen molar-refractivity contribution in [3.8, 4) is 17.2 Å². The first-order valence-electron chi connectivity index (χ1n) is 7.29. The lowest BCUT2D eigenvalue weighted by atomic mass is 9.89. The summed E-state index contributed by atoms with van der Waals surface area (Å²) in [6.45, 7) is 9.11. The van der Waals surface area contributed by atoms with Gasteiger partial charge in [-0.15, -0.1) is 0 Å². The fourth-order valence-corrected chi connectivity index (χ4v) is 1.73. The summed E-state index contributed by atoms with van der Waals surface area (Å²) in [7, 11) is 0. The van der Waals surface area contributed by atoms with Crippen molar-refractivity contribution in [3.05, 3.63) is 48.3 Å². The van der Waals surface area contributed by atoms with Crippen LogP contribution in [0.4, 0.5) is 0 Å². The van der Waals surface area contributed by atoms with E-state index in [1.165, 1.54) is 0 Å². The van der Waals surface area contributed by atoms with E-state index in [0.29, 0.717) is 11.5 Å². The third-order valence-corrected chi connectivity index (χ3v) is 3.80. The van der Waals surface area contributed by atoms with Crippen molar-refractivity contribution in [3.63, 3.8) is 0 Å². The molecule has 4 nitrogen and oxygen atoms in total. The molecule has 0 fully saturated rings. The quantitative estimate of drug-likeness (QED) is 0.903. The summed E-state index contributed by atoms with van der Waals surface area (Å²) < 4.78 is 11.9. The Balaban J connectivity index is 2.28. The Labute approximate surface area is 131 Å². The first kappa shape index (κ1) is 16.3. The van der Waals surface area contributed by atoms with Crippen molar-refractivity contribution < 1.29 is 14.6 Å². The lowest BCUT2D eigenvalue weighted by molar-refractivity contribution is -0.0913. The molecule has 1 aromatic carbocycles. The first-order chi connectivity index (χ1) is 10.2. The van der Waals surface area contributed by atoms with E-state index in [1.54, 1.807) is 32.3 Å². The molecule has 2 rings (SSSR count). The fourth-order valence-electron chi connectivity index (χ4n) is 1.73. The van der Waals surface area contributed by atoms with Crippen molar-refractivity contribution in [1.82, 2.24) is 4.98 Å². The van der Waals surface area contributed by atoms with Crippen LogP contribution in [-0.4, -0.2) is 21.3 Å². The van der Waals surface area contributed by atoms with E-state index in [4.69, 9.17) is 9.47 Å². The lowest BCUT2D eigenvalue weighted by Gasteiger charge is -2.37. The van der Waals surface area contributed by atoms with Crippen molar-refractivity contribution in [2.75, 3.05) is 0 Å². The molecule has 0 atom stereocenters. The number of aryl methyl sites for hydroxylation is 1. The molecule has 0 aliphatic rings. The Morgan fingerprint density at radius 3 is 2.41 bits per heavy atom. The molecule has 4 heteroatoms. The maximum Gasteiger partial charge on any atom is 0.187 e. The van der Waals surface area contributed by atoms with Gasteiger partial charge < -0.3 is 14.6 Å². The van der Waals surface area contributed by atoms with Crippen molar-refractivity contribution >= 4 is 0 Å². The maximum atomic E-state index is 10.2. The molecule has 1 aromatic heterocycles. The first-order valence-corrected chi connectivity index (χ1v) is 7.29. The Bertz CT molecular complexity index is 645. The highest BCUT2D eigenvalue weighted by atomic mass is 16.5. The number of nitrogens with zero attached hydrogens (tertiary/aromatic N) is 1. The van der Waals surface area contributed by atoms with Gasteiger partial charge in [-0.2, -0.15) is 0 Å². The monoisotopic (exact) mass is 301 g/mol. The minimum Gasteiger partial charge on any atom is -0.481 e. The summed E-state index contributed by atoms with van der Waals surface area (Å²) in [6.07, 6.45) is 3.25. The molecule has 0 amide bonds. The van der Waals surface area contributed by atoms with Crippen LogP contribution in [-0.2, 0) is 0 Å². The second-order valence-electron chi connectivity index (χ2n) is 6.41. The van der Waals surface area contributed by atoms with Crippen LogP contribution >= 0.6 is 0 Å². The normalized spacial score (nSPS) is 12.1. The van der Waals surface area contributed by atoms with Crippen molar-refractivity contribution in [2.24, 2.45) is 0 Å². The van der Waals surface area contributed by atoms with E-state index in [2.05, 4.69) is 4.98 Å². The van der Waals surface area contributed by atoms with Gasteiger partial charge in [0.25, 0.3) is 0 Å². The van der Waals surface area contributed by atoms with E-state index < -0.39 is 11.2 Å². The van der Waals surface area contributed by atoms with Gasteiger partial charge in [-0.25, -0.2) is 0 Å². The molecular formula is C18H23NO3. The van der Waals surface area contributed by atoms with Gasteiger partial charge in [0.2, 0.25) is 0 Å². The molecule has 0 unspecified atom stereocenters. The molecular weight excluding hydrogens is 278 g/mol. The predicted molar refractivity (Wildman–Crippen MR) is 86.5 cm³/mol. The highest BCUT2D eigenvalue weighted by Gasteiger charge is 2.38. The second kappa shape index (κ2) is 5.97.